The minimum absolute atomic E-state index is 0.0668. The number of nitro benzene ring substituents is 1. The topological polar surface area (TPSA) is 78.4 Å². The molecule has 5 nitrogen and oxygen atoms in total. The van der Waals surface area contributed by atoms with Gasteiger partial charge in [-0.25, -0.2) is 0 Å². The summed E-state index contributed by atoms with van der Waals surface area (Å²) in [6.07, 6.45) is 0.745. The number of nitrogens with zero attached hydrogens (tertiary/aromatic N) is 1. The van der Waals surface area contributed by atoms with E-state index in [1.54, 1.807) is 24.3 Å². The van der Waals surface area contributed by atoms with Gasteiger partial charge in [0.25, 0.3) is 0 Å². The third kappa shape index (κ3) is 2.83. The number of nitrogens with two attached hydrogens (primary N) is 1. The molecule has 6 heteroatoms. The van der Waals surface area contributed by atoms with Crippen LogP contribution in [0.5, 0.6) is 11.5 Å². The van der Waals surface area contributed by atoms with E-state index in [0.717, 1.165) is 12.0 Å². The van der Waals surface area contributed by atoms with Crippen molar-refractivity contribution in [3.05, 3.63) is 57.1 Å². The number of hydrogen-bond acceptors (Lipinski definition) is 4. The van der Waals surface area contributed by atoms with Crippen LogP contribution in [0.25, 0.3) is 0 Å². The van der Waals surface area contributed by atoms with Gasteiger partial charge in [0.1, 0.15) is 11.4 Å². The van der Waals surface area contributed by atoms with E-state index in [4.69, 9.17) is 22.1 Å². The highest BCUT2D eigenvalue weighted by Crippen LogP contribution is 2.36. The molecule has 0 aliphatic heterocycles. The van der Waals surface area contributed by atoms with Crippen molar-refractivity contribution in [3.8, 4) is 11.5 Å². The Kier molecular flexibility index (Phi) is 4.10. The highest BCUT2D eigenvalue weighted by atomic mass is 35.5. The molecule has 0 heterocycles. The monoisotopic (exact) mass is 292 g/mol. The number of anilines is 1. The molecule has 0 saturated carbocycles. The molecule has 0 aliphatic carbocycles. The van der Waals surface area contributed by atoms with Gasteiger partial charge in [0.15, 0.2) is 0 Å². The quantitative estimate of drug-likeness (QED) is 0.521. The lowest BCUT2D eigenvalue weighted by atomic mass is 10.1. The molecule has 0 fully saturated rings. The van der Waals surface area contributed by atoms with Crippen molar-refractivity contribution in [3.63, 3.8) is 0 Å². The van der Waals surface area contributed by atoms with Gasteiger partial charge >= 0.3 is 5.69 Å². The molecule has 2 N–H and O–H groups in total. The number of nitrogen functional groups attached to an aromatic ring is 1. The third-order valence-electron chi connectivity index (χ3n) is 2.84. The third-order valence-corrected chi connectivity index (χ3v) is 3.21. The van der Waals surface area contributed by atoms with Crippen LogP contribution in [-0.4, -0.2) is 4.92 Å². The van der Waals surface area contributed by atoms with E-state index >= 15 is 0 Å². The molecule has 0 spiro atoms. The standard InChI is InChI=1S/C14H13ClN2O3/c1-2-9-8-10(6-7-11(9)15)20-13-5-3-4-12(16)14(13)17(18)19/h3-8H,2,16H2,1H3. The molecule has 0 aliphatic rings. The number of benzene rings is 2. The molecule has 0 atom stereocenters. The summed E-state index contributed by atoms with van der Waals surface area (Å²) in [6.45, 7) is 1.97. The van der Waals surface area contributed by atoms with E-state index in [9.17, 15) is 10.1 Å². The summed E-state index contributed by atoms with van der Waals surface area (Å²) in [6, 6.07) is 9.70. The lowest BCUT2D eigenvalue weighted by Gasteiger charge is -2.09. The highest BCUT2D eigenvalue weighted by molar-refractivity contribution is 6.31. The first kappa shape index (κ1) is 14.1. The second-order valence-electron chi connectivity index (χ2n) is 4.16. The molecular weight excluding hydrogens is 280 g/mol. The Morgan fingerprint density at radius 3 is 2.75 bits per heavy atom. The number of nitro groups is 1. The first-order chi connectivity index (χ1) is 9.52. The molecule has 0 saturated heterocycles. The zero-order valence-electron chi connectivity index (χ0n) is 10.8. The zero-order chi connectivity index (χ0) is 14.7. The fourth-order valence-electron chi connectivity index (χ4n) is 1.83. The Morgan fingerprint density at radius 1 is 1.35 bits per heavy atom. The van der Waals surface area contributed by atoms with E-state index in [-0.39, 0.29) is 17.1 Å². The molecule has 0 radical (unpaired) electrons. The summed E-state index contributed by atoms with van der Waals surface area (Å²) in [7, 11) is 0. The van der Waals surface area contributed by atoms with Crippen molar-refractivity contribution in [1.82, 2.24) is 0 Å². The fourth-order valence-corrected chi connectivity index (χ4v) is 2.08. The maximum absolute atomic E-state index is 11.0. The maximum Gasteiger partial charge on any atom is 0.334 e. The van der Waals surface area contributed by atoms with Crippen LogP contribution in [0.1, 0.15) is 12.5 Å². The normalized spacial score (nSPS) is 10.3. The molecule has 0 bridgehead atoms. The van der Waals surface area contributed by atoms with Crippen LogP contribution in [0.15, 0.2) is 36.4 Å². The molecule has 104 valence electrons. The number of halogens is 1. The zero-order valence-corrected chi connectivity index (χ0v) is 11.6. The van der Waals surface area contributed by atoms with Gasteiger partial charge in [0, 0.05) is 5.02 Å². The highest BCUT2D eigenvalue weighted by Gasteiger charge is 2.19. The van der Waals surface area contributed by atoms with Crippen LogP contribution in [0.4, 0.5) is 11.4 Å². The lowest BCUT2D eigenvalue weighted by molar-refractivity contribution is -0.384. The number of rotatable bonds is 4. The summed E-state index contributed by atoms with van der Waals surface area (Å²) >= 11 is 6.02. The van der Waals surface area contributed by atoms with E-state index in [1.807, 2.05) is 6.92 Å². The minimum Gasteiger partial charge on any atom is -0.450 e. The summed E-state index contributed by atoms with van der Waals surface area (Å²) in [5.41, 5.74) is 6.36. The smallest absolute Gasteiger partial charge is 0.334 e. The van der Waals surface area contributed by atoms with Crippen LogP contribution in [-0.2, 0) is 6.42 Å². The predicted molar refractivity (Wildman–Crippen MR) is 78.4 cm³/mol. The van der Waals surface area contributed by atoms with Crippen LogP contribution in [0.3, 0.4) is 0 Å². The molecule has 0 amide bonds. The van der Waals surface area contributed by atoms with Crippen LogP contribution < -0.4 is 10.5 Å². The fraction of sp³-hybridized carbons (Fsp3) is 0.143. The molecule has 0 aromatic heterocycles. The Morgan fingerprint density at radius 2 is 2.10 bits per heavy atom. The Bertz CT molecular complexity index is 659. The predicted octanol–water partition coefficient (Wildman–Crippen LogP) is 4.19. The van der Waals surface area contributed by atoms with Crippen molar-refractivity contribution in [2.45, 2.75) is 13.3 Å². The van der Waals surface area contributed by atoms with Crippen molar-refractivity contribution in [2.75, 3.05) is 5.73 Å². The van der Waals surface area contributed by atoms with Crippen LogP contribution in [0.2, 0.25) is 5.02 Å². The number of para-hydroxylation sites is 1. The van der Waals surface area contributed by atoms with E-state index < -0.39 is 4.92 Å². The first-order valence-electron chi connectivity index (χ1n) is 6.02. The van der Waals surface area contributed by atoms with E-state index in [0.29, 0.717) is 10.8 Å². The number of hydrogen-bond donors (Lipinski definition) is 1. The molecule has 2 aromatic rings. The SMILES string of the molecule is CCc1cc(Oc2cccc(N)c2[N+](=O)[O-])ccc1Cl. The van der Waals surface area contributed by atoms with Gasteiger partial charge in [-0.05, 0) is 42.3 Å². The molecule has 0 unspecified atom stereocenters. The number of ether oxygens (including phenoxy) is 1. The Balaban J connectivity index is 2.40. The van der Waals surface area contributed by atoms with Crippen molar-refractivity contribution in [2.24, 2.45) is 0 Å². The molecule has 2 rings (SSSR count). The summed E-state index contributed by atoms with van der Waals surface area (Å²) < 4.78 is 5.57. The minimum atomic E-state index is -0.554. The van der Waals surface area contributed by atoms with Gasteiger partial charge in [-0.3, -0.25) is 10.1 Å². The molecule has 20 heavy (non-hydrogen) atoms. The van der Waals surface area contributed by atoms with Gasteiger partial charge in [0.2, 0.25) is 5.75 Å². The average Bonchev–Trinajstić information content (AvgIpc) is 2.40. The average molecular weight is 293 g/mol. The van der Waals surface area contributed by atoms with E-state index in [1.165, 1.54) is 12.1 Å². The van der Waals surface area contributed by atoms with Crippen LogP contribution in [0, 0.1) is 10.1 Å². The van der Waals surface area contributed by atoms with Gasteiger partial charge < -0.3 is 10.5 Å². The largest absolute Gasteiger partial charge is 0.450 e. The summed E-state index contributed by atoms with van der Waals surface area (Å²) in [5.74, 6) is 0.597. The number of aryl methyl sites for hydroxylation is 1. The molecule has 2 aromatic carbocycles. The van der Waals surface area contributed by atoms with E-state index in [2.05, 4.69) is 0 Å². The maximum atomic E-state index is 11.0. The van der Waals surface area contributed by atoms with Gasteiger partial charge in [-0.1, -0.05) is 24.6 Å². The van der Waals surface area contributed by atoms with Crippen LogP contribution >= 0.6 is 11.6 Å². The Labute approximate surface area is 121 Å². The molecular formula is C14H13ClN2O3. The first-order valence-corrected chi connectivity index (χ1v) is 6.40. The van der Waals surface area contributed by atoms with Crippen molar-refractivity contribution >= 4 is 23.0 Å². The second-order valence-corrected chi connectivity index (χ2v) is 4.57. The van der Waals surface area contributed by atoms with Gasteiger partial charge in [0.05, 0.1) is 4.92 Å². The van der Waals surface area contributed by atoms with Gasteiger partial charge in [-0.2, -0.15) is 0 Å². The van der Waals surface area contributed by atoms with Crippen molar-refractivity contribution in [1.29, 1.82) is 0 Å². The lowest BCUT2D eigenvalue weighted by Crippen LogP contribution is -1.98. The van der Waals surface area contributed by atoms with Crippen molar-refractivity contribution < 1.29 is 9.66 Å². The Hall–Kier alpha value is -2.27. The summed E-state index contributed by atoms with van der Waals surface area (Å²) in [4.78, 5) is 10.5. The second kappa shape index (κ2) is 5.79. The summed E-state index contributed by atoms with van der Waals surface area (Å²) in [5, 5.41) is 11.7. The van der Waals surface area contributed by atoms with Gasteiger partial charge in [-0.15, -0.1) is 0 Å².